The summed E-state index contributed by atoms with van der Waals surface area (Å²) >= 11 is 0. The molecular formula is C5H9O2+. The van der Waals surface area contributed by atoms with E-state index >= 15 is 0 Å². The third kappa shape index (κ3) is 2.34. The van der Waals surface area contributed by atoms with Gasteiger partial charge in [0, 0.05) is 13.3 Å². The number of hydrogen-bond donors (Lipinski definition) is 0. The summed E-state index contributed by atoms with van der Waals surface area (Å²) in [6.07, 6.45) is -0.657. The van der Waals surface area contributed by atoms with Crippen molar-refractivity contribution in [3.8, 4) is 0 Å². The lowest BCUT2D eigenvalue weighted by Crippen LogP contribution is -2.12. The zero-order chi connectivity index (χ0) is 5.86. The second kappa shape index (κ2) is 2.75. The normalized spacial score (nSPS) is 13.6. The molecule has 0 saturated carbocycles. The highest BCUT2D eigenvalue weighted by Gasteiger charge is 2.21. The molecule has 0 aliphatic rings. The Bertz CT molecular complexity index is 66.5. The van der Waals surface area contributed by atoms with Crippen molar-refractivity contribution in [2.75, 3.05) is 0 Å². The van der Waals surface area contributed by atoms with Gasteiger partial charge in [0.2, 0.25) is 5.78 Å². The summed E-state index contributed by atoms with van der Waals surface area (Å²) in [6, 6.07) is 0. The Morgan fingerprint density at radius 1 is 1.86 bits per heavy atom. The van der Waals surface area contributed by atoms with Crippen LogP contribution in [-0.2, 0) is 9.90 Å². The van der Waals surface area contributed by atoms with E-state index in [4.69, 9.17) is 0 Å². The zero-order valence-corrected chi connectivity index (χ0v) is 4.60. The monoisotopic (exact) mass is 101 g/mol. The van der Waals surface area contributed by atoms with Gasteiger partial charge in [-0.25, -0.2) is 0 Å². The molecule has 0 spiro atoms. The SMILES string of the molecule is CCC(=O)C(C)[O+]. The predicted octanol–water partition coefficient (Wildman–Crippen LogP) is 0.784. The van der Waals surface area contributed by atoms with Crippen molar-refractivity contribution in [3.63, 3.8) is 0 Å². The summed E-state index contributed by atoms with van der Waals surface area (Å²) in [4.78, 5) is 10.2. The summed E-state index contributed by atoms with van der Waals surface area (Å²) < 4.78 is 0. The predicted molar refractivity (Wildman–Crippen MR) is 25.4 cm³/mol. The van der Waals surface area contributed by atoms with E-state index in [1.54, 1.807) is 6.92 Å². The Kier molecular flexibility index (Phi) is 2.60. The summed E-state index contributed by atoms with van der Waals surface area (Å²) in [5.41, 5.74) is 0. The molecule has 0 heterocycles. The van der Waals surface area contributed by atoms with Crippen LogP contribution in [0.2, 0.25) is 0 Å². The van der Waals surface area contributed by atoms with Crippen molar-refractivity contribution in [1.82, 2.24) is 0 Å². The molecule has 2 radical (unpaired) electrons. The number of Topliss-reactive ketones (excluding diaryl/α,β-unsaturated/α-hetero) is 1. The van der Waals surface area contributed by atoms with Gasteiger partial charge in [-0.2, -0.15) is 0 Å². The molecule has 7 heavy (non-hydrogen) atoms. The number of carbonyl (C=O) groups excluding carboxylic acids is 1. The van der Waals surface area contributed by atoms with Crippen LogP contribution in [0.1, 0.15) is 20.3 Å². The van der Waals surface area contributed by atoms with E-state index in [0.29, 0.717) is 6.42 Å². The first-order valence-electron chi connectivity index (χ1n) is 2.37. The molecular weight excluding hydrogens is 92.1 g/mol. The maximum absolute atomic E-state index is 10.2. The topological polar surface area (TPSA) is 37.0 Å². The third-order valence-corrected chi connectivity index (χ3v) is 0.802. The lowest BCUT2D eigenvalue weighted by atomic mass is 10.2. The van der Waals surface area contributed by atoms with E-state index in [1.165, 1.54) is 6.92 Å². The van der Waals surface area contributed by atoms with E-state index < -0.39 is 6.10 Å². The van der Waals surface area contributed by atoms with Gasteiger partial charge in [0.05, 0.1) is 0 Å². The fourth-order valence-electron chi connectivity index (χ4n) is 0.287. The molecule has 0 aromatic carbocycles. The molecule has 0 aliphatic carbocycles. The minimum Gasteiger partial charge on any atom is -0.290 e. The number of rotatable bonds is 2. The van der Waals surface area contributed by atoms with Gasteiger partial charge in [0.15, 0.2) is 0 Å². The molecule has 2 nitrogen and oxygen atoms in total. The molecule has 1 unspecified atom stereocenters. The van der Waals surface area contributed by atoms with Gasteiger partial charge in [-0.3, -0.25) is 4.79 Å². The van der Waals surface area contributed by atoms with Gasteiger partial charge in [-0.05, 0) is 0 Å². The van der Waals surface area contributed by atoms with Crippen molar-refractivity contribution < 1.29 is 9.90 Å². The average molecular weight is 101 g/mol. The Morgan fingerprint density at radius 2 is 2.29 bits per heavy atom. The minimum atomic E-state index is -1.02. The van der Waals surface area contributed by atoms with E-state index in [2.05, 4.69) is 0 Å². The second-order valence-electron chi connectivity index (χ2n) is 1.46. The third-order valence-electron chi connectivity index (χ3n) is 0.802. The van der Waals surface area contributed by atoms with E-state index in [9.17, 15) is 9.90 Å². The largest absolute Gasteiger partial charge is 0.399 e. The molecule has 0 aromatic heterocycles. The Balaban J connectivity index is 3.35. The van der Waals surface area contributed by atoms with E-state index in [-0.39, 0.29) is 5.78 Å². The highest BCUT2D eigenvalue weighted by Crippen LogP contribution is 1.87. The molecule has 40 valence electrons. The summed E-state index contributed by atoms with van der Waals surface area (Å²) in [5.74, 6) is -0.208. The van der Waals surface area contributed by atoms with E-state index in [0.717, 1.165) is 0 Å². The van der Waals surface area contributed by atoms with Crippen LogP contribution in [-0.4, -0.2) is 11.9 Å². The lowest BCUT2D eigenvalue weighted by Gasteiger charge is -1.79. The van der Waals surface area contributed by atoms with Crippen LogP contribution in [0.25, 0.3) is 0 Å². The van der Waals surface area contributed by atoms with Crippen LogP contribution in [0.4, 0.5) is 0 Å². The molecule has 0 amide bonds. The van der Waals surface area contributed by atoms with Crippen LogP contribution in [0.5, 0.6) is 0 Å². The van der Waals surface area contributed by atoms with Gasteiger partial charge >= 0.3 is 6.10 Å². The maximum Gasteiger partial charge on any atom is 0.399 e. The first-order valence-corrected chi connectivity index (χ1v) is 2.37. The maximum atomic E-state index is 10.2. The minimum absolute atomic E-state index is 0.208. The second-order valence-corrected chi connectivity index (χ2v) is 1.46. The fraction of sp³-hybridized carbons (Fsp3) is 0.800. The Morgan fingerprint density at radius 3 is 2.29 bits per heavy atom. The van der Waals surface area contributed by atoms with E-state index in [1.807, 2.05) is 0 Å². The molecule has 1 atom stereocenters. The molecule has 0 N–H and O–H groups in total. The molecule has 0 fully saturated rings. The molecule has 0 aliphatic heterocycles. The molecule has 0 rings (SSSR count). The molecule has 0 bridgehead atoms. The molecule has 0 saturated heterocycles. The molecule has 0 aromatic rings. The van der Waals surface area contributed by atoms with Crippen molar-refractivity contribution in [2.45, 2.75) is 26.4 Å². The summed E-state index contributed by atoms with van der Waals surface area (Å²) in [7, 11) is 0. The fourth-order valence-corrected chi connectivity index (χ4v) is 0.287. The van der Waals surface area contributed by atoms with Gasteiger partial charge in [0.25, 0.3) is 5.11 Å². The quantitative estimate of drug-likeness (QED) is 0.473. The highest BCUT2D eigenvalue weighted by atomic mass is 16.3. The van der Waals surface area contributed by atoms with Crippen molar-refractivity contribution in [1.29, 1.82) is 0 Å². The summed E-state index contributed by atoms with van der Waals surface area (Å²) in [5, 5.41) is 10.1. The van der Waals surface area contributed by atoms with Gasteiger partial charge in [-0.1, -0.05) is 6.92 Å². The number of hydrogen-bond acceptors (Lipinski definition) is 1. The van der Waals surface area contributed by atoms with Crippen molar-refractivity contribution in [3.05, 3.63) is 0 Å². The first-order chi connectivity index (χ1) is 3.18. The lowest BCUT2D eigenvalue weighted by molar-refractivity contribution is -0.128. The van der Waals surface area contributed by atoms with Crippen LogP contribution in [0.3, 0.4) is 0 Å². The van der Waals surface area contributed by atoms with Crippen LogP contribution in [0, 0.1) is 0 Å². The van der Waals surface area contributed by atoms with Crippen LogP contribution in [0.15, 0.2) is 0 Å². The highest BCUT2D eigenvalue weighted by molar-refractivity contribution is 5.81. The van der Waals surface area contributed by atoms with Gasteiger partial charge in [0.1, 0.15) is 0 Å². The van der Waals surface area contributed by atoms with Crippen molar-refractivity contribution >= 4 is 5.78 Å². The van der Waals surface area contributed by atoms with Gasteiger partial charge in [-0.15, -0.1) is 0 Å². The van der Waals surface area contributed by atoms with Crippen LogP contribution >= 0.6 is 0 Å². The van der Waals surface area contributed by atoms with Gasteiger partial charge < -0.3 is 0 Å². The number of ketones is 1. The smallest absolute Gasteiger partial charge is 0.290 e. The standard InChI is InChI=1S/C5H9O2/c1-3-5(7)4(2)6/h4H,3H2,1-2H3/q+1. The Hall–Kier alpha value is -0.370. The first kappa shape index (κ1) is 6.63. The zero-order valence-electron chi connectivity index (χ0n) is 4.60. The molecule has 2 heteroatoms. The Labute approximate surface area is 43.2 Å². The number of carbonyl (C=O) groups is 1. The van der Waals surface area contributed by atoms with Crippen molar-refractivity contribution in [2.24, 2.45) is 0 Å². The summed E-state index contributed by atoms with van der Waals surface area (Å²) in [6.45, 7) is 3.06. The van der Waals surface area contributed by atoms with Crippen LogP contribution < -0.4 is 0 Å². The average Bonchev–Trinajstić information content (AvgIpc) is 1.65.